The first-order valence-electron chi connectivity index (χ1n) is 8.18. The van der Waals surface area contributed by atoms with Gasteiger partial charge in [-0.2, -0.15) is 0 Å². The lowest BCUT2D eigenvalue weighted by atomic mass is 10.1. The number of ether oxygens (including phenoxy) is 1. The minimum Gasteiger partial charge on any atom is -0.376 e. The van der Waals surface area contributed by atoms with Crippen LogP contribution in [0, 0.1) is 13.8 Å². The molecule has 5 nitrogen and oxygen atoms in total. The number of hydrogen-bond donors (Lipinski definition) is 1. The first-order chi connectivity index (χ1) is 11.0. The molecular weight excluding hydrogens is 292 g/mol. The third kappa shape index (κ3) is 5.36. The third-order valence-corrected chi connectivity index (χ3v) is 4.16. The molecule has 23 heavy (non-hydrogen) atoms. The minimum atomic E-state index is -0.278. The molecule has 1 atom stereocenters. The number of carbonyl (C=O) groups excluding carboxylic acids is 2. The van der Waals surface area contributed by atoms with E-state index < -0.39 is 0 Å². The van der Waals surface area contributed by atoms with Crippen LogP contribution in [0.5, 0.6) is 0 Å². The molecule has 0 spiro atoms. The zero-order valence-corrected chi connectivity index (χ0v) is 14.2. The SMILES string of the molecule is Cc1ccc(C)c(NC(=O)CC(=O)N(C)C[C@@H]2CCCCO2)c1. The van der Waals surface area contributed by atoms with Gasteiger partial charge in [0.25, 0.3) is 0 Å². The average molecular weight is 318 g/mol. The number of amides is 2. The Bertz CT molecular complexity index is 565. The molecule has 1 fully saturated rings. The fourth-order valence-electron chi connectivity index (χ4n) is 2.70. The van der Waals surface area contributed by atoms with E-state index in [1.807, 2.05) is 32.0 Å². The molecule has 0 aromatic heterocycles. The van der Waals surface area contributed by atoms with Gasteiger partial charge in [0, 0.05) is 25.9 Å². The number of rotatable bonds is 5. The predicted molar refractivity (Wildman–Crippen MR) is 90.4 cm³/mol. The molecule has 0 bridgehead atoms. The molecule has 1 heterocycles. The number of benzene rings is 1. The lowest BCUT2D eigenvalue weighted by molar-refractivity contribution is -0.135. The van der Waals surface area contributed by atoms with Crippen molar-refractivity contribution in [3.8, 4) is 0 Å². The molecule has 1 N–H and O–H groups in total. The normalized spacial score (nSPS) is 17.6. The molecule has 0 aliphatic carbocycles. The maximum Gasteiger partial charge on any atom is 0.233 e. The number of hydrogen-bond acceptors (Lipinski definition) is 3. The van der Waals surface area contributed by atoms with E-state index >= 15 is 0 Å². The lowest BCUT2D eigenvalue weighted by Gasteiger charge is -2.27. The van der Waals surface area contributed by atoms with Crippen LogP contribution in [0.2, 0.25) is 0 Å². The number of carbonyl (C=O) groups is 2. The molecular formula is C18H26N2O3. The first-order valence-corrected chi connectivity index (χ1v) is 8.18. The Labute approximate surface area is 138 Å². The van der Waals surface area contributed by atoms with Crippen molar-refractivity contribution in [2.45, 2.75) is 45.6 Å². The average Bonchev–Trinajstić information content (AvgIpc) is 2.51. The van der Waals surface area contributed by atoms with Crippen molar-refractivity contribution in [3.05, 3.63) is 29.3 Å². The molecule has 1 aromatic carbocycles. The van der Waals surface area contributed by atoms with Gasteiger partial charge >= 0.3 is 0 Å². The van der Waals surface area contributed by atoms with E-state index in [9.17, 15) is 9.59 Å². The van der Waals surface area contributed by atoms with Crippen molar-refractivity contribution < 1.29 is 14.3 Å². The predicted octanol–water partition coefficient (Wildman–Crippen LogP) is 2.66. The first kappa shape index (κ1) is 17.5. The topological polar surface area (TPSA) is 58.6 Å². The second-order valence-electron chi connectivity index (χ2n) is 6.31. The molecule has 2 amide bonds. The summed E-state index contributed by atoms with van der Waals surface area (Å²) in [4.78, 5) is 25.9. The molecule has 5 heteroatoms. The van der Waals surface area contributed by atoms with E-state index in [4.69, 9.17) is 4.74 Å². The van der Waals surface area contributed by atoms with Crippen LogP contribution in [0.3, 0.4) is 0 Å². The van der Waals surface area contributed by atoms with E-state index in [2.05, 4.69) is 5.32 Å². The molecule has 1 saturated heterocycles. The Morgan fingerprint density at radius 3 is 2.78 bits per heavy atom. The van der Waals surface area contributed by atoms with Gasteiger partial charge in [0.2, 0.25) is 11.8 Å². The number of nitrogens with one attached hydrogen (secondary N) is 1. The fourth-order valence-corrected chi connectivity index (χ4v) is 2.70. The molecule has 1 aliphatic rings. The quantitative estimate of drug-likeness (QED) is 0.849. The van der Waals surface area contributed by atoms with Crippen LogP contribution in [0.25, 0.3) is 0 Å². The highest BCUT2D eigenvalue weighted by Crippen LogP contribution is 2.17. The van der Waals surface area contributed by atoms with Gasteiger partial charge in [0.05, 0.1) is 6.10 Å². The van der Waals surface area contributed by atoms with Crippen LogP contribution in [0.15, 0.2) is 18.2 Å². The lowest BCUT2D eigenvalue weighted by Crippen LogP contribution is -2.38. The van der Waals surface area contributed by atoms with Crippen LogP contribution in [0.4, 0.5) is 5.69 Å². The van der Waals surface area contributed by atoms with Crippen LogP contribution in [0.1, 0.15) is 36.8 Å². The van der Waals surface area contributed by atoms with Gasteiger partial charge < -0.3 is 15.0 Å². The highest BCUT2D eigenvalue weighted by Gasteiger charge is 2.20. The summed E-state index contributed by atoms with van der Waals surface area (Å²) >= 11 is 0. The van der Waals surface area contributed by atoms with Gasteiger partial charge in [0.1, 0.15) is 6.42 Å². The minimum absolute atomic E-state index is 0.0970. The summed E-state index contributed by atoms with van der Waals surface area (Å²) in [5.74, 6) is -0.456. The van der Waals surface area contributed by atoms with Gasteiger partial charge in [0.15, 0.2) is 0 Å². The van der Waals surface area contributed by atoms with Crippen LogP contribution in [-0.2, 0) is 14.3 Å². The van der Waals surface area contributed by atoms with Crippen LogP contribution < -0.4 is 5.32 Å². The number of nitrogens with zero attached hydrogens (tertiary/aromatic N) is 1. The Hall–Kier alpha value is -1.88. The summed E-state index contributed by atoms with van der Waals surface area (Å²) in [6.07, 6.45) is 3.16. The van der Waals surface area contributed by atoms with Gasteiger partial charge in [-0.05, 0) is 50.3 Å². The molecule has 126 valence electrons. The van der Waals surface area contributed by atoms with E-state index in [0.717, 1.165) is 42.7 Å². The Kier molecular flexibility index (Phi) is 6.16. The van der Waals surface area contributed by atoms with Gasteiger partial charge in [-0.1, -0.05) is 12.1 Å². The number of aryl methyl sites for hydroxylation is 2. The maximum atomic E-state index is 12.2. The standard InChI is InChI=1S/C18H26N2O3/c1-13-7-8-14(2)16(10-13)19-17(21)11-18(22)20(3)12-15-6-4-5-9-23-15/h7-8,10,15H,4-6,9,11-12H2,1-3H3,(H,19,21)/t15-/m0/s1. The summed E-state index contributed by atoms with van der Waals surface area (Å²) in [6, 6.07) is 5.87. The van der Waals surface area contributed by atoms with Gasteiger partial charge in [-0.15, -0.1) is 0 Å². The zero-order valence-electron chi connectivity index (χ0n) is 14.2. The number of likely N-dealkylation sites (N-methyl/N-ethyl adjacent to an activating group) is 1. The molecule has 0 radical (unpaired) electrons. The van der Waals surface area contributed by atoms with Crippen molar-refractivity contribution in [2.24, 2.45) is 0 Å². The summed E-state index contributed by atoms with van der Waals surface area (Å²) in [6.45, 7) is 5.22. The fraction of sp³-hybridized carbons (Fsp3) is 0.556. The largest absolute Gasteiger partial charge is 0.376 e. The van der Waals surface area contributed by atoms with E-state index in [1.165, 1.54) is 0 Å². The molecule has 0 saturated carbocycles. The smallest absolute Gasteiger partial charge is 0.233 e. The zero-order chi connectivity index (χ0) is 16.8. The molecule has 0 unspecified atom stereocenters. The monoisotopic (exact) mass is 318 g/mol. The van der Waals surface area contributed by atoms with Crippen LogP contribution >= 0.6 is 0 Å². The van der Waals surface area contributed by atoms with Crippen molar-refractivity contribution >= 4 is 17.5 Å². The molecule has 1 aliphatic heterocycles. The van der Waals surface area contributed by atoms with Crippen LogP contribution in [-0.4, -0.2) is 43.0 Å². The Morgan fingerprint density at radius 1 is 1.30 bits per heavy atom. The second kappa shape index (κ2) is 8.11. The molecule has 2 rings (SSSR count). The Balaban J connectivity index is 1.83. The van der Waals surface area contributed by atoms with Gasteiger partial charge in [-0.3, -0.25) is 9.59 Å². The van der Waals surface area contributed by atoms with E-state index in [0.29, 0.717) is 6.54 Å². The Morgan fingerprint density at radius 2 is 2.09 bits per heavy atom. The van der Waals surface area contributed by atoms with Gasteiger partial charge in [-0.25, -0.2) is 0 Å². The van der Waals surface area contributed by atoms with Crippen molar-refractivity contribution in [2.75, 3.05) is 25.5 Å². The van der Waals surface area contributed by atoms with Crippen molar-refractivity contribution in [3.63, 3.8) is 0 Å². The highest BCUT2D eigenvalue weighted by atomic mass is 16.5. The summed E-state index contributed by atoms with van der Waals surface area (Å²) < 4.78 is 5.63. The van der Waals surface area contributed by atoms with Crippen molar-refractivity contribution in [1.82, 2.24) is 4.90 Å². The highest BCUT2D eigenvalue weighted by molar-refractivity contribution is 6.03. The summed E-state index contributed by atoms with van der Waals surface area (Å²) in [7, 11) is 1.73. The third-order valence-electron chi connectivity index (χ3n) is 4.16. The second-order valence-corrected chi connectivity index (χ2v) is 6.31. The maximum absolute atomic E-state index is 12.2. The summed E-state index contributed by atoms with van der Waals surface area (Å²) in [5.41, 5.74) is 2.82. The van der Waals surface area contributed by atoms with E-state index in [1.54, 1.807) is 11.9 Å². The van der Waals surface area contributed by atoms with Crippen molar-refractivity contribution in [1.29, 1.82) is 0 Å². The molecule has 1 aromatic rings. The summed E-state index contributed by atoms with van der Waals surface area (Å²) in [5, 5.41) is 2.82. The van der Waals surface area contributed by atoms with E-state index in [-0.39, 0.29) is 24.3 Å². The number of anilines is 1.